The van der Waals surface area contributed by atoms with Gasteiger partial charge < -0.3 is 29.9 Å². The number of benzene rings is 3. The van der Waals surface area contributed by atoms with Crippen molar-refractivity contribution >= 4 is 46.1 Å². The summed E-state index contributed by atoms with van der Waals surface area (Å²) in [5.41, 5.74) is 4.46. The van der Waals surface area contributed by atoms with Gasteiger partial charge in [-0.3, -0.25) is 14.4 Å². The Hall–Kier alpha value is -4.79. The molecule has 0 atom stereocenters. The third kappa shape index (κ3) is 5.31. The van der Waals surface area contributed by atoms with Crippen LogP contribution in [0.5, 0.6) is 11.5 Å². The van der Waals surface area contributed by atoms with Gasteiger partial charge in [0.15, 0.2) is 11.5 Å². The Morgan fingerprint density at radius 3 is 2.13 bits per heavy atom. The Morgan fingerprint density at radius 1 is 0.921 bits per heavy atom. The maximum atomic E-state index is 13.2. The minimum Gasteiger partial charge on any atom is -0.493 e. The minimum atomic E-state index is -0.261. The van der Waals surface area contributed by atoms with Crippen molar-refractivity contribution in [1.82, 2.24) is 4.90 Å². The first kappa shape index (κ1) is 26.3. The van der Waals surface area contributed by atoms with Crippen LogP contribution in [-0.2, 0) is 14.4 Å². The van der Waals surface area contributed by atoms with Crippen molar-refractivity contribution in [3.63, 3.8) is 0 Å². The summed E-state index contributed by atoms with van der Waals surface area (Å²) in [6.45, 7) is 1.36. The number of anilines is 3. The van der Waals surface area contributed by atoms with E-state index in [4.69, 9.17) is 9.47 Å². The van der Waals surface area contributed by atoms with Gasteiger partial charge in [0.05, 0.1) is 31.2 Å². The molecule has 0 unspecified atom stereocenters. The van der Waals surface area contributed by atoms with Gasteiger partial charge in [-0.1, -0.05) is 30.3 Å². The molecule has 0 fully saturated rings. The summed E-state index contributed by atoms with van der Waals surface area (Å²) in [6, 6.07) is 20.2. The maximum absolute atomic E-state index is 13.2. The highest BCUT2D eigenvalue weighted by Gasteiger charge is 2.30. The van der Waals surface area contributed by atoms with E-state index in [0.29, 0.717) is 45.4 Å². The molecule has 0 spiro atoms. The van der Waals surface area contributed by atoms with Gasteiger partial charge in [-0.15, -0.1) is 0 Å². The Morgan fingerprint density at radius 2 is 1.55 bits per heavy atom. The molecule has 2 N–H and O–H groups in total. The number of carbonyl (C=O) groups is 3. The number of hydrogen-bond donors (Lipinski definition) is 2. The van der Waals surface area contributed by atoms with E-state index in [0.717, 1.165) is 5.56 Å². The summed E-state index contributed by atoms with van der Waals surface area (Å²) in [5, 5.41) is 6.32. The van der Waals surface area contributed by atoms with Crippen molar-refractivity contribution in [2.75, 3.05) is 50.4 Å². The van der Waals surface area contributed by atoms with E-state index >= 15 is 0 Å². The van der Waals surface area contributed by atoms with Crippen LogP contribution in [0.25, 0.3) is 11.3 Å². The number of likely N-dealkylation sites (N-methyl/N-ethyl adjacent to an activating group) is 1. The number of nitrogens with one attached hydrogen (secondary N) is 2. The molecule has 0 radical (unpaired) electrons. The van der Waals surface area contributed by atoms with Gasteiger partial charge in [-0.25, -0.2) is 0 Å². The van der Waals surface area contributed by atoms with Gasteiger partial charge in [-0.05, 0) is 35.9 Å². The molecule has 196 valence electrons. The number of amides is 3. The van der Waals surface area contributed by atoms with E-state index in [-0.39, 0.29) is 24.3 Å². The second-order valence-electron chi connectivity index (χ2n) is 8.89. The molecule has 3 aromatic carbocycles. The van der Waals surface area contributed by atoms with Crippen LogP contribution in [-0.4, -0.2) is 57.5 Å². The number of fused-ring (bicyclic) bond motifs is 1. The van der Waals surface area contributed by atoms with Crippen LogP contribution >= 0.6 is 0 Å². The second-order valence-corrected chi connectivity index (χ2v) is 8.89. The normalized spacial score (nSPS) is 13.2. The molecular formula is C29H30N4O5. The van der Waals surface area contributed by atoms with Crippen LogP contribution < -0.4 is 25.0 Å². The number of hydrogen-bond acceptors (Lipinski definition) is 6. The zero-order valence-electron chi connectivity index (χ0n) is 22.0. The summed E-state index contributed by atoms with van der Waals surface area (Å²) in [7, 11) is 6.39. The fourth-order valence-electron chi connectivity index (χ4n) is 4.16. The Labute approximate surface area is 221 Å². The van der Waals surface area contributed by atoms with Gasteiger partial charge in [0, 0.05) is 44.0 Å². The lowest BCUT2D eigenvalue weighted by molar-refractivity contribution is -0.129. The van der Waals surface area contributed by atoms with E-state index in [1.165, 1.54) is 16.7 Å². The molecule has 1 heterocycles. The first-order valence-corrected chi connectivity index (χ1v) is 12.0. The van der Waals surface area contributed by atoms with Crippen molar-refractivity contribution in [3.8, 4) is 11.5 Å². The molecule has 3 aromatic rings. The monoisotopic (exact) mass is 514 g/mol. The zero-order chi connectivity index (χ0) is 27.4. The zero-order valence-corrected chi connectivity index (χ0v) is 22.0. The Balaban J connectivity index is 1.75. The number of rotatable bonds is 8. The van der Waals surface area contributed by atoms with Crippen LogP contribution in [0.1, 0.15) is 18.1 Å². The molecule has 0 aliphatic carbocycles. The molecule has 3 amide bonds. The van der Waals surface area contributed by atoms with E-state index in [9.17, 15) is 14.4 Å². The van der Waals surface area contributed by atoms with Gasteiger partial charge in [0.1, 0.15) is 6.54 Å². The summed E-state index contributed by atoms with van der Waals surface area (Å²) >= 11 is 0. The second kappa shape index (κ2) is 11.1. The molecule has 0 saturated heterocycles. The molecule has 4 rings (SSSR count). The highest BCUT2D eigenvalue weighted by molar-refractivity contribution is 6.37. The summed E-state index contributed by atoms with van der Waals surface area (Å²) in [6.07, 6.45) is 0. The average Bonchev–Trinajstić information content (AvgIpc) is 3.24. The van der Waals surface area contributed by atoms with Crippen molar-refractivity contribution in [2.24, 2.45) is 0 Å². The number of ether oxygens (including phenoxy) is 2. The molecule has 0 bridgehead atoms. The topological polar surface area (TPSA) is 100 Å². The van der Waals surface area contributed by atoms with E-state index in [1.807, 2.05) is 30.3 Å². The molecule has 38 heavy (non-hydrogen) atoms. The quantitative estimate of drug-likeness (QED) is 0.440. The Kier molecular flexibility index (Phi) is 7.66. The minimum absolute atomic E-state index is 0.0589. The van der Waals surface area contributed by atoms with Crippen LogP contribution in [0.3, 0.4) is 0 Å². The highest BCUT2D eigenvalue weighted by Crippen LogP contribution is 2.43. The van der Waals surface area contributed by atoms with Gasteiger partial charge in [-0.2, -0.15) is 0 Å². The van der Waals surface area contributed by atoms with Gasteiger partial charge in [0.2, 0.25) is 11.8 Å². The fraction of sp³-hybridized carbons (Fsp3) is 0.207. The van der Waals surface area contributed by atoms with E-state index < -0.39 is 0 Å². The third-order valence-corrected chi connectivity index (χ3v) is 6.20. The summed E-state index contributed by atoms with van der Waals surface area (Å²) < 4.78 is 10.9. The molecule has 9 nitrogen and oxygen atoms in total. The maximum Gasteiger partial charge on any atom is 0.258 e. The lowest BCUT2D eigenvalue weighted by Gasteiger charge is -2.23. The largest absolute Gasteiger partial charge is 0.493 e. The molecule has 0 saturated carbocycles. The van der Waals surface area contributed by atoms with E-state index in [1.54, 1.807) is 64.7 Å². The molecule has 0 aromatic heterocycles. The van der Waals surface area contributed by atoms with Gasteiger partial charge >= 0.3 is 0 Å². The first-order valence-electron chi connectivity index (χ1n) is 12.0. The summed E-state index contributed by atoms with van der Waals surface area (Å²) in [4.78, 5) is 40.6. The van der Waals surface area contributed by atoms with Crippen LogP contribution in [0.4, 0.5) is 17.1 Å². The highest BCUT2D eigenvalue weighted by atomic mass is 16.5. The number of methoxy groups -OCH3 is 2. The third-order valence-electron chi connectivity index (χ3n) is 6.20. The molecule has 1 aliphatic rings. The Bertz CT molecular complexity index is 1400. The van der Waals surface area contributed by atoms with Crippen LogP contribution in [0, 0.1) is 0 Å². The van der Waals surface area contributed by atoms with E-state index in [2.05, 4.69) is 10.6 Å². The average molecular weight is 515 g/mol. The number of nitrogens with zero attached hydrogens (tertiary/aromatic N) is 2. The standard InChI is InChI=1S/C29H30N4O5/c1-18(34)33(17-26(35)32(2)3)21-13-11-20(12-14-21)30-28(19-9-7-6-8-10-19)27-22-15-24(37-4)25(38-5)16-23(22)31-29(27)36/h6-16,30H,17H2,1-5H3,(H,31,36)/b28-27-. The summed E-state index contributed by atoms with van der Waals surface area (Å²) in [5.74, 6) is 0.338. The predicted octanol–water partition coefficient (Wildman–Crippen LogP) is 4.08. The lowest BCUT2D eigenvalue weighted by atomic mass is 9.99. The van der Waals surface area contributed by atoms with Crippen molar-refractivity contribution in [1.29, 1.82) is 0 Å². The SMILES string of the molecule is COc1cc2c(cc1OC)/C(=C(/Nc1ccc(N(CC(=O)N(C)C)C(C)=O)cc1)c1ccccc1)C(=O)N2. The van der Waals surface area contributed by atoms with Crippen LogP contribution in [0.15, 0.2) is 66.7 Å². The van der Waals surface area contributed by atoms with Crippen molar-refractivity contribution < 1.29 is 23.9 Å². The predicted molar refractivity (Wildman–Crippen MR) is 148 cm³/mol. The fourth-order valence-corrected chi connectivity index (χ4v) is 4.16. The molecular weight excluding hydrogens is 484 g/mol. The number of carbonyl (C=O) groups excluding carboxylic acids is 3. The molecule has 1 aliphatic heterocycles. The van der Waals surface area contributed by atoms with Gasteiger partial charge in [0.25, 0.3) is 5.91 Å². The first-order chi connectivity index (χ1) is 18.2. The molecule has 9 heteroatoms. The van der Waals surface area contributed by atoms with Crippen molar-refractivity contribution in [3.05, 3.63) is 77.9 Å². The van der Waals surface area contributed by atoms with Crippen molar-refractivity contribution in [2.45, 2.75) is 6.92 Å². The lowest BCUT2D eigenvalue weighted by Crippen LogP contribution is -2.39. The van der Waals surface area contributed by atoms with Crippen LogP contribution in [0.2, 0.25) is 0 Å². The smallest absolute Gasteiger partial charge is 0.258 e.